The number of alkyl halides is 1. The molecule has 1 nitrogen and oxygen atoms in total. The lowest BCUT2D eigenvalue weighted by Gasteiger charge is -1.96. The van der Waals surface area contributed by atoms with Crippen molar-refractivity contribution >= 4 is 15.9 Å². The van der Waals surface area contributed by atoms with E-state index in [1.54, 1.807) is 0 Å². The van der Waals surface area contributed by atoms with E-state index >= 15 is 0 Å². The molecule has 0 saturated heterocycles. The van der Waals surface area contributed by atoms with Crippen molar-refractivity contribution < 1.29 is 0 Å². The van der Waals surface area contributed by atoms with E-state index in [9.17, 15) is 0 Å². The smallest absolute Gasteiger partial charge is 0.0538 e. The molecule has 0 fully saturated rings. The zero-order valence-corrected chi connectivity index (χ0v) is 6.85. The molecule has 1 aromatic rings. The largest absolute Gasteiger partial charge is 0.260 e. The lowest BCUT2D eigenvalue weighted by Crippen LogP contribution is -1.86. The van der Waals surface area contributed by atoms with Gasteiger partial charge in [0.15, 0.2) is 0 Å². The second-order valence-corrected chi connectivity index (χ2v) is 2.46. The third-order valence-electron chi connectivity index (χ3n) is 1.24. The molecular weight excluding hydrogens is 178 g/mol. The van der Waals surface area contributed by atoms with Crippen molar-refractivity contribution in [3.63, 3.8) is 0 Å². The predicted molar refractivity (Wildman–Crippen MR) is 41.6 cm³/mol. The molecule has 0 saturated carbocycles. The van der Waals surface area contributed by atoms with E-state index in [2.05, 4.69) is 33.9 Å². The molecule has 0 radical (unpaired) electrons. The van der Waals surface area contributed by atoms with Gasteiger partial charge >= 0.3 is 0 Å². The van der Waals surface area contributed by atoms with Crippen LogP contribution >= 0.6 is 15.9 Å². The molecular formula is C7H8BrN. The van der Waals surface area contributed by atoms with Gasteiger partial charge in [-0.2, -0.15) is 0 Å². The summed E-state index contributed by atoms with van der Waals surface area (Å²) in [7, 11) is 0. The van der Waals surface area contributed by atoms with E-state index < -0.39 is 0 Å². The SMILES string of the molecule is Cc1cccnc1CBr. The summed E-state index contributed by atoms with van der Waals surface area (Å²) in [6.45, 7) is 2.06. The average molecular weight is 186 g/mol. The number of halogens is 1. The summed E-state index contributed by atoms with van der Waals surface area (Å²) in [4.78, 5) is 4.15. The molecule has 0 amide bonds. The quantitative estimate of drug-likeness (QED) is 0.613. The Kier molecular flexibility index (Phi) is 2.22. The van der Waals surface area contributed by atoms with Gasteiger partial charge in [0.2, 0.25) is 0 Å². The van der Waals surface area contributed by atoms with Crippen molar-refractivity contribution in [2.24, 2.45) is 0 Å². The fourth-order valence-electron chi connectivity index (χ4n) is 0.658. The van der Waals surface area contributed by atoms with Gasteiger partial charge < -0.3 is 0 Å². The highest BCUT2D eigenvalue weighted by atomic mass is 79.9. The molecule has 0 unspecified atom stereocenters. The third kappa shape index (κ3) is 1.52. The van der Waals surface area contributed by atoms with Crippen molar-refractivity contribution in [1.82, 2.24) is 4.98 Å². The highest BCUT2D eigenvalue weighted by Gasteiger charge is 1.92. The fourth-order valence-corrected chi connectivity index (χ4v) is 1.25. The summed E-state index contributed by atoms with van der Waals surface area (Å²) in [6.07, 6.45) is 1.81. The summed E-state index contributed by atoms with van der Waals surface area (Å²) >= 11 is 3.35. The lowest BCUT2D eigenvalue weighted by molar-refractivity contribution is 1.14. The first-order chi connectivity index (χ1) is 4.34. The van der Waals surface area contributed by atoms with E-state index in [1.165, 1.54) is 5.56 Å². The van der Waals surface area contributed by atoms with Crippen LogP contribution in [0.5, 0.6) is 0 Å². The molecule has 0 aliphatic carbocycles. The summed E-state index contributed by atoms with van der Waals surface area (Å²) in [6, 6.07) is 4.01. The van der Waals surface area contributed by atoms with Gasteiger partial charge in [-0.1, -0.05) is 22.0 Å². The second kappa shape index (κ2) is 2.97. The summed E-state index contributed by atoms with van der Waals surface area (Å²) in [5, 5.41) is 0.847. The number of hydrogen-bond acceptors (Lipinski definition) is 1. The maximum atomic E-state index is 4.15. The van der Waals surface area contributed by atoms with Gasteiger partial charge in [0.25, 0.3) is 0 Å². The number of aryl methyl sites for hydroxylation is 1. The Hall–Kier alpha value is -0.370. The van der Waals surface area contributed by atoms with Crippen LogP contribution in [0.4, 0.5) is 0 Å². The second-order valence-electron chi connectivity index (χ2n) is 1.90. The summed E-state index contributed by atoms with van der Waals surface area (Å²) in [5.41, 5.74) is 2.37. The van der Waals surface area contributed by atoms with Crippen LogP contribution in [-0.2, 0) is 5.33 Å². The van der Waals surface area contributed by atoms with Gasteiger partial charge in [0.05, 0.1) is 5.69 Å². The zero-order chi connectivity index (χ0) is 6.69. The monoisotopic (exact) mass is 185 g/mol. The predicted octanol–water partition coefficient (Wildman–Crippen LogP) is 2.28. The molecule has 1 heterocycles. The Bertz CT molecular complexity index is 198. The van der Waals surface area contributed by atoms with Gasteiger partial charge in [0, 0.05) is 11.5 Å². The molecule has 1 rings (SSSR count). The maximum Gasteiger partial charge on any atom is 0.0538 e. The van der Waals surface area contributed by atoms with Crippen molar-refractivity contribution in [1.29, 1.82) is 0 Å². The van der Waals surface area contributed by atoms with E-state index in [0.717, 1.165) is 11.0 Å². The average Bonchev–Trinajstić information content (AvgIpc) is 1.89. The maximum absolute atomic E-state index is 4.15. The minimum Gasteiger partial charge on any atom is -0.260 e. The molecule has 0 N–H and O–H groups in total. The number of pyridine rings is 1. The highest BCUT2D eigenvalue weighted by molar-refractivity contribution is 9.08. The van der Waals surface area contributed by atoms with Crippen LogP contribution in [0.15, 0.2) is 18.3 Å². The minimum absolute atomic E-state index is 0.847. The molecule has 0 spiro atoms. The first kappa shape index (κ1) is 6.75. The Balaban J connectivity index is 3.01. The van der Waals surface area contributed by atoms with Crippen LogP contribution in [0.2, 0.25) is 0 Å². The topological polar surface area (TPSA) is 12.9 Å². The van der Waals surface area contributed by atoms with Crippen LogP contribution in [-0.4, -0.2) is 4.98 Å². The minimum atomic E-state index is 0.847. The highest BCUT2D eigenvalue weighted by Crippen LogP contribution is 2.06. The van der Waals surface area contributed by atoms with E-state index in [4.69, 9.17) is 0 Å². The standard InChI is InChI=1S/C7H8BrN/c1-6-3-2-4-9-7(6)5-8/h2-4H,5H2,1H3. The van der Waals surface area contributed by atoms with Gasteiger partial charge in [0.1, 0.15) is 0 Å². The van der Waals surface area contributed by atoms with Gasteiger partial charge in [-0.25, -0.2) is 0 Å². The third-order valence-corrected chi connectivity index (χ3v) is 1.78. The molecule has 0 aliphatic rings. The van der Waals surface area contributed by atoms with Crippen LogP contribution < -0.4 is 0 Å². The van der Waals surface area contributed by atoms with Crippen LogP contribution in [0, 0.1) is 6.92 Å². The Labute approximate surface area is 63.2 Å². The van der Waals surface area contributed by atoms with E-state index in [1.807, 2.05) is 12.3 Å². The Morgan fingerprint density at radius 1 is 1.67 bits per heavy atom. The molecule has 0 aliphatic heterocycles. The molecule has 48 valence electrons. The molecule has 0 aromatic carbocycles. The van der Waals surface area contributed by atoms with Crippen molar-refractivity contribution in [3.8, 4) is 0 Å². The number of aromatic nitrogens is 1. The fraction of sp³-hybridized carbons (Fsp3) is 0.286. The first-order valence-electron chi connectivity index (χ1n) is 2.81. The lowest BCUT2D eigenvalue weighted by atomic mass is 10.2. The first-order valence-corrected chi connectivity index (χ1v) is 3.93. The van der Waals surface area contributed by atoms with Gasteiger partial charge in [-0.15, -0.1) is 0 Å². The normalized spacial score (nSPS) is 9.56. The molecule has 9 heavy (non-hydrogen) atoms. The van der Waals surface area contributed by atoms with Gasteiger partial charge in [-0.3, -0.25) is 4.98 Å². The van der Waals surface area contributed by atoms with Crippen LogP contribution in [0.3, 0.4) is 0 Å². The van der Waals surface area contributed by atoms with Crippen molar-refractivity contribution in [3.05, 3.63) is 29.6 Å². The molecule has 0 atom stereocenters. The Morgan fingerprint density at radius 3 is 2.89 bits per heavy atom. The van der Waals surface area contributed by atoms with Crippen molar-refractivity contribution in [2.75, 3.05) is 0 Å². The molecule has 0 bridgehead atoms. The van der Waals surface area contributed by atoms with E-state index in [0.29, 0.717) is 0 Å². The van der Waals surface area contributed by atoms with Crippen LogP contribution in [0.25, 0.3) is 0 Å². The molecule has 2 heteroatoms. The number of nitrogens with zero attached hydrogens (tertiary/aromatic N) is 1. The molecule has 1 aromatic heterocycles. The van der Waals surface area contributed by atoms with Crippen molar-refractivity contribution in [2.45, 2.75) is 12.3 Å². The van der Waals surface area contributed by atoms with Gasteiger partial charge in [-0.05, 0) is 18.6 Å². The van der Waals surface area contributed by atoms with E-state index in [-0.39, 0.29) is 0 Å². The Morgan fingerprint density at radius 2 is 2.44 bits per heavy atom. The number of hydrogen-bond donors (Lipinski definition) is 0. The summed E-state index contributed by atoms with van der Waals surface area (Å²) < 4.78 is 0. The van der Waals surface area contributed by atoms with Crippen LogP contribution in [0.1, 0.15) is 11.3 Å². The number of rotatable bonds is 1. The zero-order valence-electron chi connectivity index (χ0n) is 5.26. The summed E-state index contributed by atoms with van der Waals surface area (Å²) in [5.74, 6) is 0.